The molecular weight excluding hydrogens is 530 g/mol. The number of fused-ring (bicyclic) bond motifs is 1. The lowest BCUT2D eigenvalue weighted by atomic mass is 9.87. The summed E-state index contributed by atoms with van der Waals surface area (Å²) in [5.41, 5.74) is -2.72. The fourth-order valence-electron chi connectivity index (χ4n) is 3.49. The molecule has 0 spiro atoms. The van der Waals surface area contributed by atoms with Crippen LogP contribution in [-0.2, 0) is 16.6 Å². The van der Waals surface area contributed by atoms with Gasteiger partial charge in [0.25, 0.3) is 5.60 Å². The lowest BCUT2D eigenvalue weighted by Gasteiger charge is -2.28. The Labute approximate surface area is 219 Å². The maximum absolute atomic E-state index is 13.4. The standard InChI is InChI=1S/C26H16Cl2F3N3O3/c27-18-8-9-20-21(13-18)33-14-24(34-20)36-11-10-23(35)25(15-32,37-22-7-2-1-6-19(22)28)16-4-3-5-17(12-16)26(29,30)31/h1-9,12-14H,10-11H2. The molecule has 11 heteroatoms. The molecule has 0 bridgehead atoms. The number of halogens is 5. The summed E-state index contributed by atoms with van der Waals surface area (Å²) in [6, 6.07) is 16.5. The molecule has 0 saturated carbocycles. The Morgan fingerprint density at radius 1 is 0.973 bits per heavy atom. The van der Waals surface area contributed by atoms with E-state index >= 15 is 0 Å². The van der Waals surface area contributed by atoms with Crippen molar-refractivity contribution in [3.8, 4) is 17.7 Å². The zero-order valence-corrected chi connectivity index (χ0v) is 20.3. The lowest BCUT2D eigenvalue weighted by molar-refractivity contribution is -0.138. The van der Waals surface area contributed by atoms with Gasteiger partial charge in [-0.15, -0.1) is 0 Å². The molecule has 0 saturated heterocycles. The Hall–Kier alpha value is -3.87. The zero-order chi connectivity index (χ0) is 26.6. The quantitative estimate of drug-likeness (QED) is 0.242. The van der Waals surface area contributed by atoms with Crippen molar-refractivity contribution in [1.29, 1.82) is 5.26 Å². The monoisotopic (exact) mass is 545 g/mol. The molecule has 0 amide bonds. The van der Waals surface area contributed by atoms with Crippen molar-refractivity contribution in [2.24, 2.45) is 0 Å². The molecule has 4 aromatic rings. The van der Waals surface area contributed by atoms with Crippen molar-refractivity contribution in [3.63, 3.8) is 0 Å². The molecule has 0 radical (unpaired) electrons. The number of carbonyl (C=O) groups is 1. The molecule has 0 fully saturated rings. The van der Waals surface area contributed by atoms with E-state index in [2.05, 4.69) is 9.97 Å². The molecule has 188 valence electrons. The van der Waals surface area contributed by atoms with Crippen LogP contribution in [0.1, 0.15) is 17.5 Å². The van der Waals surface area contributed by atoms with E-state index in [1.54, 1.807) is 36.4 Å². The zero-order valence-electron chi connectivity index (χ0n) is 18.8. The van der Waals surface area contributed by atoms with Gasteiger partial charge in [-0.2, -0.15) is 18.4 Å². The molecule has 1 unspecified atom stereocenters. The third kappa shape index (κ3) is 5.77. The number of rotatable bonds is 8. The Balaban J connectivity index is 1.62. The number of para-hydroxylation sites is 1. The third-order valence-corrected chi connectivity index (χ3v) is 5.85. The maximum atomic E-state index is 13.4. The van der Waals surface area contributed by atoms with E-state index in [4.69, 9.17) is 32.7 Å². The van der Waals surface area contributed by atoms with Gasteiger partial charge in [0.15, 0.2) is 5.78 Å². The molecule has 0 aliphatic heterocycles. The minimum Gasteiger partial charge on any atom is -0.476 e. The number of nitrogens with zero attached hydrogens (tertiary/aromatic N) is 3. The first-order chi connectivity index (χ1) is 17.6. The van der Waals surface area contributed by atoms with Crippen LogP contribution in [0.15, 0.2) is 72.9 Å². The summed E-state index contributed by atoms with van der Waals surface area (Å²) in [6.07, 6.45) is -3.75. The van der Waals surface area contributed by atoms with Crippen LogP contribution >= 0.6 is 23.2 Å². The van der Waals surface area contributed by atoms with Crippen molar-refractivity contribution < 1.29 is 27.4 Å². The van der Waals surface area contributed by atoms with E-state index in [9.17, 15) is 23.2 Å². The smallest absolute Gasteiger partial charge is 0.416 e. The number of Topliss-reactive ketones (excluding diaryl/α,β-unsaturated/α-hetero) is 1. The largest absolute Gasteiger partial charge is 0.476 e. The van der Waals surface area contributed by atoms with Gasteiger partial charge in [0.2, 0.25) is 5.88 Å². The summed E-state index contributed by atoms with van der Waals surface area (Å²) in [5, 5.41) is 10.7. The lowest BCUT2D eigenvalue weighted by Crippen LogP contribution is -2.41. The van der Waals surface area contributed by atoms with E-state index in [-0.39, 0.29) is 28.8 Å². The van der Waals surface area contributed by atoms with Crippen molar-refractivity contribution in [2.45, 2.75) is 18.2 Å². The predicted molar refractivity (Wildman–Crippen MR) is 130 cm³/mol. The van der Waals surface area contributed by atoms with Crippen LogP contribution in [0.5, 0.6) is 11.6 Å². The van der Waals surface area contributed by atoms with Gasteiger partial charge in [-0.05, 0) is 42.5 Å². The molecule has 37 heavy (non-hydrogen) atoms. The molecule has 6 nitrogen and oxygen atoms in total. The van der Waals surface area contributed by atoms with E-state index in [0.29, 0.717) is 22.1 Å². The fourth-order valence-corrected chi connectivity index (χ4v) is 3.83. The average Bonchev–Trinajstić information content (AvgIpc) is 2.88. The second kappa shape index (κ2) is 10.6. The van der Waals surface area contributed by atoms with E-state index in [1.807, 2.05) is 0 Å². The summed E-state index contributed by atoms with van der Waals surface area (Å²) in [4.78, 5) is 21.9. The van der Waals surface area contributed by atoms with Gasteiger partial charge < -0.3 is 9.47 Å². The van der Waals surface area contributed by atoms with Crippen LogP contribution in [0.2, 0.25) is 10.0 Å². The molecule has 0 aliphatic rings. The number of aromatic nitrogens is 2. The SMILES string of the molecule is N#CC(Oc1ccccc1Cl)(C(=O)CCOc1cnc2cc(Cl)ccc2n1)c1cccc(C(F)(F)F)c1. The van der Waals surface area contributed by atoms with Crippen molar-refractivity contribution in [2.75, 3.05) is 6.61 Å². The molecule has 4 rings (SSSR count). The topological polar surface area (TPSA) is 85.1 Å². The second-order valence-electron chi connectivity index (χ2n) is 7.77. The highest BCUT2D eigenvalue weighted by atomic mass is 35.5. The Bertz CT molecular complexity index is 1510. The molecule has 3 aromatic carbocycles. The van der Waals surface area contributed by atoms with Crippen molar-refractivity contribution >= 4 is 40.0 Å². The van der Waals surface area contributed by atoms with Crippen LogP contribution in [0, 0.1) is 11.3 Å². The summed E-state index contributed by atoms with van der Waals surface area (Å²) >= 11 is 12.1. The number of ether oxygens (including phenoxy) is 2. The van der Waals surface area contributed by atoms with Gasteiger partial charge in [0.05, 0.1) is 34.4 Å². The summed E-state index contributed by atoms with van der Waals surface area (Å²) in [7, 11) is 0. The highest BCUT2D eigenvalue weighted by molar-refractivity contribution is 6.32. The van der Waals surface area contributed by atoms with Crippen LogP contribution in [0.3, 0.4) is 0 Å². The highest BCUT2D eigenvalue weighted by Crippen LogP contribution is 2.37. The second-order valence-corrected chi connectivity index (χ2v) is 8.61. The number of nitriles is 1. The van der Waals surface area contributed by atoms with Crippen LogP contribution in [0.25, 0.3) is 11.0 Å². The van der Waals surface area contributed by atoms with Gasteiger partial charge >= 0.3 is 6.18 Å². The van der Waals surface area contributed by atoms with E-state index < -0.39 is 29.5 Å². The van der Waals surface area contributed by atoms with Crippen LogP contribution < -0.4 is 9.47 Å². The molecule has 1 aromatic heterocycles. The number of hydrogen-bond acceptors (Lipinski definition) is 6. The maximum Gasteiger partial charge on any atom is 0.416 e. The minimum absolute atomic E-state index is 0.0450. The third-order valence-electron chi connectivity index (χ3n) is 5.31. The number of benzene rings is 3. The van der Waals surface area contributed by atoms with E-state index in [1.165, 1.54) is 24.4 Å². The molecular formula is C26H16Cl2F3N3O3. The van der Waals surface area contributed by atoms with E-state index in [0.717, 1.165) is 12.1 Å². The number of hydrogen-bond donors (Lipinski definition) is 0. The summed E-state index contributed by atoms with van der Waals surface area (Å²) < 4.78 is 51.5. The van der Waals surface area contributed by atoms with Crippen molar-refractivity contribution in [1.82, 2.24) is 9.97 Å². The van der Waals surface area contributed by atoms with Crippen LogP contribution in [-0.4, -0.2) is 22.4 Å². The molecule has 1 heterocycles. The fraction of sp³-hybridized carbons (Fsp3) is 0.154. The Morgan fingerprint density at radius 2 is 1.73 bits per heavy atom. The first-order valence-electron chi connectivity index (χ1n) is 10.7. The summed E-state index contributed by atoms with van der Waals surface area (Å²) in [5.74, 6) is -0.775. The molecule has 1 atom stereocenters. The Morgan fingerprint density at radius 3 is 2.46 bits per heavy atom. The van der Waals surface area contributed by atoms with Gasteiger partial charge in [0, 0.05) is 17.0 Å². The van der Waals surface area contributed by atoms with Crippen molar-refractivity contribution in [3.05, 3.63) is 94.1 Å². The minimum atomic E-state index is -4.70. The van der Waals surface area contributed by atoms with Gasteiger partial charge in [-0.25, -0.2) is 9.97 Å². The summed E-state index contributed by atoms with van der Waals surface area (Å²) in [6.45, 7) is -0.249. The predicted octanol–water partition coefficient (Wildman–Crippen LogP) is 6.79. The molecule has 0 aliphatic carbocycles. The van der Waals surface area contributed by atoms with Crippen LogP contribution in [0.4, 0.5) is 13.2 Å². The number of ketones is 1. The number of alkyl halides is 3. The van der Waals surface area contributed by atoms with Gasteiger partial charge in [0.1, 0.15) is 11.8 Å². The Kier molecular flexibility index (Phi) is 7.52. The average molecular weight is 546 g/mol. The molecule has 0 N–H and O–H groups in total. The normalized spacial score (nSPS) is 13.0. The first kappa shape index (κ1) is 26.2. The highest BCUT2D eigenvalue weighted by Gasteiger charge is 2.44. The number of carbonyl (C=O) groups excluding carboxylic acids is 1. The first-order valence-corrected chi connectivity index (χ1v) is 11.5. The van der Waals surface area contributed by atoms with Gasteiger partial charge in [-0.3, -0.25) is 4.79 Å². The van der Waals surface area contributed by atoms with Gasteiger partial charge in [-0.1, -0.05) is 47.5 Å².